The summed E-state index contributed by atoms with van der Waals surface area (Å²) >= 11 is 0. The molecule has 0 saturated carbocycles. The smallest absolute Gasteiger partial charge is 0.251 e. The van der Waals surface area contributed by atoms with E-state index in [-0.39, 0.29) is 17.9 Å². The van der Waals surface area contributed by atoms with Crippen LogP contribution in [0.1, 0.15) is 41.8 Å². The van der Waals surface area contributed by atoms with Crippen LogP contribution in [0.25, 0.3) is 0 Å². The molecule has 0 aromatic heterocycles. The minimum absolute atomic E-state index is 0.0396. The van der Waals surface area contributed by atoms with Gasteiger partial charge >= 0.3 is 0 Å². The molecule has 0 aliphatic carbocycles. The third-order valence-electron chi connectivity index (χ3n) is 3.15. The van der Waals surface area contributed by atoms with Gasteiger partial charge in [0.1, 0.15) is 0 Å². The van der Waals surface area contributed by atoms with Gasteiger partial charge in [-0.1, -0.05) is 31.5 Å². The lowest BCUT2D eigenvalue weighted by atomic mass is 9.89. The maximum absolute atomic E-state index is 12.1. The van der Waals surface area contributed by atoms with E-state index in [1.54, 1.807) is 0 Å². The van der Waals surface area contributed by atoms with Crippen LogP contribution in [0.4, 0.5) is 0 Å². The molecule has 2 N–H and O–H groups in total. The molecule has 0 atom stereocenters. The van der Waals surface area contributed by atoms with Crippen molar-refractivity contribution in [3.8, 4) is 0 Å². The van der Waals surface area contributed by atoms with Gasteiger partial charge in [0.25, 0.3) is 5.91 Å². The molecule has 0 radical (unpaired) electrons. The number of benzene rings is 1. The fourth-order valence-corrected chi connectivity index (χ4v) is 1.79. The van der Waals surface area contributed by atoms with E-state index in [0.717, 1.165) is 16.7 Å². The molecule has 1 aromatic rings. The summed E-state index contributed by atoms with van der Waals surface area (Å²) in [6.45, 7) is 8.70. The van der Waals surface area contributed by atoms with E-state index in [1.807, 2.05) is 45.9 Å². The number of carbonyl (C=O) groups excluding carboxylic acids is 1. The topological polar surface area (TPSA) is 49.3 Å². The van der Waals surface area contributed by atoms with Crippen LogP contribution < -0.4 is 5.32 Å². The number of hydrogen-bond donors (Lipinski definition) is 2. The van der Waals surface area contributed by atoms with Gasteiger partial charge in [-0.2, -0.15) is 0 Å². The van der Waals surface area contributed by atoms with Gasteiger partial charge in [-0.3, -0.25) is 4.79 Å². The number of aliphatic hydroxyl groups is 1. The molecule has 0 aliphatic heterocycles. The molecule has 1 aromatic carbocycles. The minimum atomic E-state index is -0.0812. The highest BCUT2D eigenvalue weighted by Crippen LogP contribution is 2.18. The van der Waals surface area contributed by atoms with E-state index in [4.69, 9.17) is 5.11 Å². The van der Waals surface area contributed by atoms with Crippen LogP contribution in [0, 0.1) is 19.3 Å². The molecule has 0 saturated heterocycles. The van der Waals surface area contributed by atoms with Crippen LogP contribution in [0.3, 0.4) is 0 Å². The molecule has 0 aliphatic rings. The maximum atomic E-state index is 12.1. The van der Waals surface area contributed by atoms with Crippen LogP contribution >= 0.6 is 0 Å². The highest BCUT2D eigenvalue weighted by atomic mass is 16.3. The van der Waals surface area contributed by atoms with Crippen molar-refractivity contribution in [1.29, 1.82) is 0 Å². The normalized spacial score (nSPS) is 11.4. The zero-order chi connectivity index (χ0) is 13.8. The van der Waals surface area contributed by atoms with Crippen LogP contribution in [0.2, 0.25) is 0 Å². The highest BCUT2D eigenvalue weighted by molar-refractivity contribution is 5.95. The number of nitrogens with one attached hydrogen (secondary N) is 1. The number of aryl methyl sites for hydroxylation is 2. The molecule has 0 unspecified atom stereocenters. The first kappa shape index (κ1) is 14.7. The summed E-state index contributed by atoms with van der Waals surface area (Å²) in [7, 11) is 0. The molecule has 18 heavy (non-hydrogen) atoms. The Bertz CT molecular complexity index is 425. The molecule has 1 amide bonds. The number of amides is 1. The van der Waals surface area contributed by atoms with Crippen LogP contribution in [-0.4, -0.2) is 24.2 Å². The van der Waals surface area contributed by atoms with Gasteiger partial charge in [0, 0.05) is 18.7 Å². The van der Waals surface area contributed by atoms with Crippen LogP contribution in [0.5, 0.6) is 0 Å². The minimum Gasteiger partial charge on any atom is -0.396 e. The fourth-order valence-electron chi connectivity index (χ4n) is 1.79. The van der Waals surface area contributed by atoms with Crippen molar-refractivity contribution in [2.75, 3.05) is 13.2 Å². The predicted octanol–water partition coefficient (Wildman–Crippen LogP) is 2.44. The second-order valence-corrected chi connectivity index (χ2v) is 5.64. The molecule has 1 rings (SSSR count). The van der Waals surface area contributed by atoms with Crippen LogP contribution in [0.15, 0.2) is 18.2 Å². The van der Waals surface area contributed by atoms with E-state index < -0.39 is 0 Å². The molecule has 100 valence electrons. The summed E-state index contributed by atoms with van der Waals surface area (Å²) in [6, 6.07) is 5.87. The molecular weight excluding hydrogens is 226 g/mol. The number of aliphatic hydroxyl groups excluding tert-OH is 1. The van der Waals surface area contributed by atoms with Gasteiger partial charge < -0.3 is 10.4 Å². The summed E-state index contributed by atoms with van der Waals surface area (Å²) in [6.07, 6.45) is 0.681. The quantitative estimate of drug-likeness (QED) is 0.842. The summed E-state index contributed by atoms with van der Waals surface area (Å²) in [5.74, 6) is -0.0396. The molecule has 3 heteroatoms. The second-order valence-electron chi connectivity index (χ2n) is 5.64. The lowest BCUT2D eigenvalue weighted by molar-refractivity contribution is 0.0927. The van der Waals surface area contributed by atoms with E-state index in [2.05, 4.69) is 5.32 Å². The molecular formula is C15H23NO2. The van der Waals surface area contributed by atoms with Crippen LogP contribution in [-0.2, 0) is 0 Å². The van der Waals surface area contributed by atoms with Crippen molar-refractivity contribution >= 4 is 5.91 Å². The zero-order valence-corrected chi connectivity index (χ0v) is 11.7. The van der Waals surface area contributed by atoms with E-state index >= 15 is 0 Å². The Morgan fingerprint density at radius 3 is 2.61 bits per heavy atom. The second kappa shape index (κ2) is 6.01. The van der Waals surface area contributed by atoms with Crippen molar-refractivity contribution in [2.45, 2.75) is 34.1 Å². The summed E-state index contributed by atoms with van der Waals surface area (Å²) in [5, 5.41) is 11.9. The predicted molar refractivity (Wildman–Crippen MR) is 73.7 cm³/mol. The molecule has 0 spiro atoms. The first-order chi connectivity index (χ1) is 8.35. The number of rotatable bonds is 5. The Kier molecular flexibility index (Phi) is 4.91. The SMILES string of the molecule is Cc1ccc(C)c(C(=O)NCC(C)(C)CCO)c1. The Morgan fingerprint density at radius 1 is 1.33 bits per heavy atom. The van der Waals surface area contributed by atoms with Crippen molar-refractivity contribution in [3.63, 3.8) is 0 Å². The summed E-state index contributed by atoms with van der Waals surface area (Å²) in [4.78, 5) is 12.1. The first-order valence-electron chi connectivity index (χ1n) is 6.32. The van der Waals surface area contributed by atoms with Gasteiger partial charge in [0.2, 0.25) is 0 Å². The Labute approximate surface area is 109 Å². The molecule has 0 heterocycles. The summed E-state index contributed by atoms with van der Waals surface area (Å²) in [5.41, 5.74) is 2.72. The Hall–Kier alpha value is -1.35. The lowest BCUT2D eigenvalue weighted by Gasteiger charge is -2.24. The highest BCUT2D eigenvalue weighted by Gasteiger charge is 2.19. The van der Waals surface area contributed by atoms with E-state index in [0.29, 0.717) is 13.0 Å². The molecule has 0 fully saturated rings. The maximum Gasteiger partial charge on any atom is 0.251 e. The third kappa shape index (κ3) is 4.15. The van der Waals surface area contributed by atoms with E-state index in [1.165, 1.54) is 0 Å². The van der Waals surface area contributed by atoms with Gasteiger partial charge in [-0.25, -0.2) is 0 Å². The van der Waals surface area contributed by atoms with Gasteiger partial charge in [-0.15, -0.1) is 0 Å². The standard InChI is InChI=1S/C15H23NO2/c1-11-5-6-12(2)13(9-11)14(18)16-10-15(3,4)7-8-17/h5-6,9,17H,7-8,10H2,1-4H3,(H,16,18). The first-order valence-corrected chi connectivity index (χ1v) is 6.32. The number of carbonyl (C=O) groups is 1. The fraction of sp³-hybridized carbons (Fsp3) is 0.533. The van der Waals surface area contributed by atoms with Gasteiger partial charge in [0.05, 0.1) is 0 Å². The van der Waals surface area contributed by atoms with E-state index in [9.17, 15) is 4.79 Å². The van der Waals surface area contributed by atoms with Crippen molar-refractivity contribution in [1.82, 2.24) is 5.32 Å². The van der Waals surface area contributed by atoms with Gasteiger partial charge in [-0.05, 0) is 37.3 Å². The lowest BCUT2D eigenvalue weighted by Crippen LogP contribution is -2.34. The van der Waals surface area contributed by atoms with Gasteiger partial charge in [0.15, 0.2) is 0 Å². The monoisotopic (exact) mass is 249 g/mol. The Balaban J connectivity index is 2.69. The third-order valence-corrected chi connectivity index (χ3v) is 3.15. The average Bonchev–Trinajstić information content (AvgIpc) is 2.29. The largest absolute Gasteiger partial charge is 0.396 e. The van der Waals surface area contributed by atoms with Crippen molar-refractivity contribution in [2.24, 2.45) is 5.41 Å². The Morgan fingerprint density at radius 2 is 2.00 bits per heavy atom. The molecule has 0 bridgehead atoms. The summed E-state index contributed by atoms with van der Waals surface area (Å²) < 4.78 is 0. The zero-order valence-electron chi connectivity index (χ0n) is 11.7. The number of hydrogen-bond acceptors (Lipinski definition) is 2. The average molecular weight is 249 g/mol. The molecule has 3 nitrogen and oxygen atoms in total. The van der Waals surface area contributed by atoms with Crippen molar-refractivity contribution < 1.29 is 9.90 Å². The van der Waals surface area contributed by atoms with Crippen molar-refractivity contribution in [3.05, 3.63) is 34.9 Å².